The van der Waals surface area contributed by atoms with Gasteiger partial charge in [-0.15, -0.1) is 0 Å². The molecule has 0 bridgehead atoms. The van der Waals surface area contributed by atoms with Crippen molar-refractivity contribution in [3.8, 4) is 0 Å². The van der Waals surface area contributed by atoms with Crippen molar-refractivity contribution in [2.45, 2.75) is 19.4 Å². The molecular formula is C14H21NO3. The van der Waals surface area contributed by atoms with E-state index in [1.807, 2.05) is 18.2 Å². The normalized spacial score (nSPS) is 12.3. The lowest BCUT2D eigenvalue weighted by Gasteiger charge is -2.11. The number of hydrogen-bond donors (Lipinski definition) is 2. The molecule has 1 unspecified atom stereocenters. The molecule has 2 N–H and O–H groups in total. The second-order valence-corrected chi connectivity index (χ2v) is 4.16. The smallest absolute Gasteiger partial charge is 0.188 e. The fourth-order valence-electron chi connectivity index (χ4n) is 1.50. The predicted molar refractivity (Wildman–Crippen MR) is 70.8 cm³/mol. The van der Waals surface area contributed by atoms with Crippen molar-refractivity contribution in [1.82, 2.24) is 5.32 Å². The number of aliphatic hydroxyl groups excluding tert-OH is 1. The van der Waals surface area contributed by atoms with Gasteiger partial charge in [-0.05, 0) is 13.0 Å². The summed E-state index contributed by atoms with van der Waals surface area (Å²) < 4.78 is 5.20. The second kappa shape index (κ2) is 8.80. The molecule has 0 aliphatic heterocycles. The fraction of sp³-hybridized carbons (Fsp3) is 0.500. The zero-order chi connectivity index (χ0) is 13.2. The lowest BCUT2D eigenvalue weighted by Crippen LogP contribution is -2.31. The Hall–Kier alpha value is -1.23. The van der Waals surface area contributed by atoms with Gasteiger partial charge in [0.15, 0.2) is 5.78 Å². The molecule has 1 rings (SSSR count). The van der Waals surface area contributed by atoms with Gasteiger partial charge in [-0.25, -0.2) is 0 Å². The highest BCUT2D eigenvalue weighted by Crippen LogP contribution is 2.00. The van der Waals surface area contributed by atoms with Gasteiger partial charge in [-0.1, -0.05) is 37.3 Å². The zero-order valence-electron chi connectivity index (χ0n) is 10.8. The molecule has 1 atom stereocenters. The first kappa shape index (κ1) is 14.8. The van der Waals surface area contributed by atoms with E-state index in [9.17, 15) is 9.90 Å². The summed E-state index contributed by atoms with van der Waals surface area (Å²) >= 11 is 0. The standard InChI is InChI=1S/C14H21NO3/c1-2-8-15-9-13(16)10-18-11-14(17)12-6-4-3-5-7-12/h3-7,13,15-16H,2,8-11H2,1H3. The van der Waals surface area contributed by atoms with Crippen LogP contribution in [0.5, 0.6) is 0 Å². The van der Waals surface area contributed by atoms with Crippen molar-refractivity contribution in [3.63, 3.8) is 0 Å². The van der Waals surface area contributed by atoms with Crippen molar-refractivity contribution in [3.05, 3.63) is 35.9 Å². The molecule has 0 amide bonds. The molecule has 0 spiro atoms. The van der Waals surface area contributed by atoms with E-state index in [0.29, 0.717) is 12.1 Å². The molecule has 0 aliphatic rings. The Morgan fingerprint density at radius 1 is 1.39 bits per heavy atom. The first-order valence-corrected chi connectivity index (χ1v) is 6.28. The SMILES string of the molecule is CCCNCC(O)COCC(=O)c1ccccc1. The molecule has 0 saturated heterocycles. The number of aliphatic hydroxyl groups is 1. The maximum atomic E-state index is 11.7. The summed E-state index contributed by atoms with van der Waals surface area (Å²) in [7, 11) is 0. The van der Waals surface area contributed by atoms with E-state index < -0.39 is 6.10 Å². The largest absolute Gasteiger partial charge is 0.389 e. The number of ketones is 1. The van der Waals surface area contributed by atoms with Crippen LogP contribution in [0.4, 0.5) is 0 Å². The fourth-order valence-corrected chi connectivity index (χ4v) is 1.50. The van der Waals surface area contributed by atoms with E-state index in [-0.39, 0.29) is 19.0 Å². The third-order valence-electron chi connectivity index (χ3n) is 2.45. The van der Waals surface area contributed by atoms with E-state index in [0.717, 1.165) is 13.0 Å². The maximum Gasteiger partial charge on any atom is 0.188 e. The zero-order valence-corrected chi connectivity index (χ0v) is 10.8. The first-order chi connectivity index (χ1) is 8.74. The monoisotopic (exact) mass is 251 g/mol. The van der Waals surface area contributed by atoms with Crippen molar-refractivity contribution in [2.24, 2.45) is 0 Å². The highest BCUT2D eigenvalue weighted by atomic mass is 16.5. The number of Topliss-reactive ketones (excluding diaryl/α,β-unsaturated/α-hetero) is 1. The Balaban J connectivity index is 2.16. The summed E-state index contributed by atoms with van der Waals surface area (Å²) in [6, 6.07) is 9.00. The van der Waals surface area contributed by atoms with Crippen molar-refractivity contribution < 1.29 is 14.6 Å². The van der Waals surface area contributed by atoms with Crippen LogP contribution in [0.2, 0.25) is 0 Å². The minimum atomic E-state index is -0.569. The second-order valence-electron chi connectivity index (χ2n) is 4.16. The van der Waals surface area contributed by atoms with Crippen LogP contribution in [0.25, 0.3) is 0 Å². The summed E-state index contributed by atoms with van der Waals surface area (Å²) in [5.74, 6) is -0.0654. The van der Waals surface area contributed by atoms with Gasteiger partial charge in [0.1, 0.15) is 6.61 Å². The van der Waals surface area contributed by atoms with Crippen LogP contribution in [-0.2, 0) is 4.74 Å². The molecule has 0 saturated carbocycles. The molecule has 0 aliphatic carbocycles. The van der Waals surface area contributed by atoms with E-state index in [1.54, 1.807) is 12.1 Å². The molecule has 0 fully saturated rings. The number of carbonyl (C=O) groups is 1. The topological polar surface area (TPSA) is 58.6 Å². The van der Waals surface area contributed by atoms with Crippen LogP contribution in [0.1, 0.15) is 23.7 Å². The highest BCUT2D eigenvalue weighted by Gasteiger charge is 2.07. The van der Waals surface area contributed by atoms with Gasteiger partial charge < -0.3 is 15.2 Å². The molecule has 0 radical (unpaired) electrons. The van der Waals surface area contributed by atoms with Crippen LogP contribution in [0, 0.1) is 0 Å². The van der Waals surface area contributed by atoms with Gasteiger partial charge in [-0.3, -0.25) is 4.79 Å². The lowest BCUT2D eigenvalue weighted by molar-refractivity contribution is 0.0357. The quantitative estimate of drug-likeness (QED) is 0.512. The van der Waals surface area contributed by atoms with E-state index >= 15 is 0 Å². The Bertz CT molecular complexity index is 340. The lowest BCUT2D eigenvalue weighted by atomic mass is 10.1. The van der Waals surface area contributed by atoms with Crippen LogP contribution in [0.3, 0.4) is 0 Å². The maximum absolute atomic E-state index is 11.7. The molecule has 4 heteroatoms. The molecule has 4 nitrogen and oxygen atoms in total. The van der Waals surface area contributed by atoms with Gasteiger partial charge >= 0.3 is 0 Å². The molecule has 0 heterocycles. The number of nitrogens with one attached hydrogen (secondary N) is 1. The number of rotatable bonds is 9. The van der Waals surface area contributed by atoms with Crippen LogP contribution in [-0.4, -0.2) is 43.3 Å². The molecular weight excluding hydrogens is 230 g/mol. The van der Waals surface area contributed by atoms with Gasteiger partial charge in [0.05, 0.1) is 12.7 Å². The van der Waals surface area contributed by atoms with E-state index in [4.69, 9.17) is 4.74 Å². The van der Waals surface area contributed by atoms with Crippen LogP contribution >= 0.6 is 0 Å². The average Bonchev–Trinajstić information content (AvgIpc) is 2.40. The van der Waals surface area contributed by atoms with Crippen molar-refractivity contribution in [2.75, 3.05) is 26.3 Å². The summed E-state index contributed by atoms with van der Waals surface area (Å²) in [5.41, 5.74) is 0.635. The summed E-state index contributed by atoms with van der Waals surface area (Å²) in [4.78, 5) is 11.7. The average molecular weight is 251 g/mol. The van der Waals surface area contributed by atoms with E-state index in [1.165, 1.54) is 0 Å². The number of benzene rings is 1. The van der Waals surface area contributed by atoms with Crippen LogP contribution < -0.4 is 5.32 Å². The highest BCUT2D eigenvalue weighted by molar-refractivity contribution is 5.96. The number of carbonyl (C=O) groups excluding carboxylic acids is 1. The van der Waals surface area contributed by atoms with E-state index in [2.05, 4.69) is 12.2 Å². The Morgan fingerprint density at radius 3 is 2.78 bits per heavy atom. The minimum absolute atomic E-state index is 0.00878. The van der Waals surface area contributed by atoms with Gasteiger partial charge in [0.2, 0.25) is 0 Å². The number of hydrogen-bond acceptors (Lipinski definition) is 4. The predicted octanol–water partition coefficient (Wildman–Crippen LogP) is 1.25. The Morgan fingerprint density at radius 2 is 2.11 bits per heavy atom. The summed E-state index contributed by atoms with van der Waals surface area (Å²) in [6.45, 7) is 3.62. The molecule has 100 valence electrons. The van der Waals surface area contributed by atoms with Gasteiger partial charge in [0, 0.05) is 12.1 Å². The Kier molecular flexibility index (Phi) is 7.25. The minimum Gasteiger partial charge on any atom is -0.389 e. The summed E-state index contributed by atoms with van der Waals surface area (Å²) in [6.07, 6.45) is 0.459. The third-order valence-corrected chi connectivity index (χ3v) is 2.45. The molecule has 18 heavy (non-hydrogen) atoms. The number of ether oxygens (including phenoxy) is 1. The third kappa shape index (κ3) is 5.91. The Labute approximate surface area is 108 Å². The molecule has 1 aromatic rings. The summed E-state index contributed by atoms with van der Waals surface area (Å²) in [5, 5.41) is 12.7. The van der Waals surface area contributed by atoms with Crippen LogP contribution in [0.15, 0.2) is 30.3 Å². The van der Waals surface area contributed by atoms with Gasteiger partial charge in [-0.2, -0.15) is 0 Å². The molecule has 0 aromatic heterocycles. The van der Waals surface area contributed by atoms with Gasteiger partial charge in [0.25, 0.3) is 0 Å². The first-order valence-electron chi connectivity index (χ1n) is 6.28. The van der Waals surface area contributed by atoms with Crippen molar-refractivity contribution >= 4 is 5.78 Å². The van der Waals surface area contributed by atoms with Crippen molar-refractivity contribution in [1.29, 1.82) is 0 Å². The molecule has 1 aromatic carbocycles.